The van der Waals surface area contributed by atoms with Crippen molar-refractivity contribution in [2.75, 3.05) is 19.8 Å². The highest BCUT2D eigenvalue weighted by molar-refractivity contribution is 5.83. The van der Waals surface area contributed by atoms with E-state index in [4.69, 9.17) is 4.74 Å². The second-order valence-corrected chi connectivity index (χ2v) is 10.8. The number of carbonyl (C=O) groups excluding carboxylic acids is 1. The number of para-hydroxylation sites is 1. The largest absolute Gasteiger partial charge is 0.379 e. The molecule has 3 fully saturated rings. The van der Waals surface area contributed by atoms with Crippen molar-refractivity contribution in [3.8, 4) is 0 Å². The molecule has 0 saturated carbocycles. The lowest BCUT2D eigenvalue weighted by Gasteiger charge is -2.41. The number of amides is 1. The molecule has 1 N–H and O–H groups in total. The Balaban J connectivity index is 1.15. The minimum Gasteiger partial charge on any atom is -0.379 e. The highest BCUT2D eigenvalue weighted by Gasteiger charge is 2.43. The number of carbonyl (C=O) groups is 1. The first-order valence-corrected chi connectivity index (χ1v) is 12.8. The van der Waals surface area contributed by atoms with E-state index >= 15 is 0 Å². The molecule has 0 aliphatic carbocycles. The van der Waals surface area contributed by atoms with E-state index in [9.17, 15) is 9.18 Å². The van der Waals surface area contributed by atoms with E-state index in [0.29, 0.717) is 36.9 Å². The molecule has 2 unspecified atom stereocenters. The lowest BCUT2D eigenvalue weighted by molar-refractivity contribution is -0.158. The first kappa shape index (κ1) is 22.7. The number of halogens is 1. The zero-order chi connectivity index (χ0) is 24.0. The van der Waals surface area contributed by atoms with Crippen LogP contribution in [-0.2, 0) is 9.53 Å². The summed E-state index contributed by atoms with van der Waals surface area (Å²) in [6, 6.07) is 16.9. The highest BCUT2D eigenvalue weighted by Crippen LogP contribution is 2.42. The van der Waals surface area contributed by atoms with Crippen molar-refractivity contribution in [2.24, 2.45) is 5.41 Å². The number of nitrogens with one attached hydrogen (secondary N) is 1. The summed E-state index contributed by atoms with van der Waals surface area (Å²) in [5, 5.41) is 3.33. The van der Waals surface area contributed by atoms with Crippen LogP contribution in [0.3, 0.4) is 0 Å². The highest BCUT2D eigenvalue weighted by atomic mass is 19.1. The van der Waals surface area contributed by atoms with Gasteiger partial charge in [-0.2, -0.15) is 0 Å². The van der Waals surface area contributed by atoms with E-state index in [0.717, 1.165) is 36.9 Å². The van der Waals surface area contributed by atoms with Gasteiger partial charge in [0.2, 0.25) is 5.91 Å². The lowest BCUT2D eigenvalue weighted by Crippen LogP contribution is -2.53. The van der Waals surface area contributed by atoms with Gasteiger partial charge in [0, 0.05) is 24.7 Å². The fraction of sp³-hybridized carbons (Fsp3) is 0.500. The Morgan fingerprint density at radius 2 is 1.86 bits per heavy atom. The maximum Gasteiger partial charge on any atom is 0.231 e. The normalized spacial score (nSPS) is 26.4. The standard InChI is InChI=1S/C28H33FN4O2/c1-28(16-35-17-28)27(34)31-24(19-6-3-2-4-7-19)12-13-32-20-10-11-21(32)15-22(14-20)33-18-30-26-23(29)8-5-9-25(26)33/h2-9,18,20-22,24H,10-17H2,1H3,(H,31,34)/t20?,21?,22?,24-/m0/s1. The van der Waals surface area contributed by atoms with Gasteiger partial charge in [-0.1, -0.05) is 36.4 Å². The van der Waals surface area contributed by atoms with Crippen molar-refractivity contribution in [3.05, 3.63) is 66.2 Å². The number of aromatic nitrogens is 2. The Kier molecular flexibility index (Phi) is 5.85. The molecule has 0 radical (unpaired) electrons. The minimum atomic E-state index is -0.419. The molecule has 6 rings (SSSR count). The molecule has 3 aromatic rings. The van der Waals surface area contributed by atoms with Crippen LogP contribution in [-0.4, -0.2) is 52.2 Å². The number of hydrogen-bond acceptors (Lipinski definition) is 4. The van der Waals surface area contributed by atoms with E-state index in [1.54, 1.807) is 6.07 Å². The molecule has 2 bridgehead atoms. The quantitative estimate of drug-likeness (QED) is 0.540. The van der Waals surface area contributed by atoms with Crippen molar-refractivity contribution < 1.29 is 13.9 Å². The average molecular weight is 477 g/mol. The Morgan fingerprint density at radius 1 is 1.11 bits per heavy atom. The second kappa shape index (κ2) is 9.03. The maximum absolute atomic E-state index is 14.2. The molecule has 6 nitrogen and oxygen atoms in total. The number of ether oxygens (including phenoxy) is 1. The molecule has 3 saturated heterocycles. The maximum atomic E-state index is 14.2. The van der Waals surface area contributed by atoms with Crippen molar-refractivity contribution >= 4 is 16.9 Å². The Bertz CT molecular complexity index is 1190. The third kappa shape index (κ3) is 4.15. The number of benzene rings is 2. The van der Waals surface area contributed by atoms with Crippen LogP contribution in [0.4, 0.5) is 4.39 Å². The van der Waals surface area contributed by atoms with Crippen LogP contribution in [0.15, 0.2) is 54.9 Å². The van der Waals surface area contributed by atoms with Crippen LogP contribution in [0.2, 0.25) is 0 Å². The molecule has 0 spiro atoms. The SMILES string of the molecule is CC1(C(=O)N[C@@H](CCN2C3CCC2CC(n2cnc4c(F)cccc42)C3)c2ccccc2)COC1. The number of piperidine rings is 1. The van der Waals surface area contributed by atoms with Crippen LogP contribution in [0, 0.1) is 11.2 Å². The van der Waals surface area contributed by atoms with Gasteiger partial charge in [0.1, 0.15) is 5.52 Å². The first-order valence-electron chi connectivity index (χ1n) is 12.8. The van der Waals surface area contributed by atoms with Crippen molar-refractivity contribution in [3.63, 3.8) is 0 Å². The molecule has 184 valence electrons. The molecule has 35 heavy (non-hydrogen) atoms. The smallest absolute Gasteiger partial charge is 0.231 e. The van der Waals surface area contributed by atoms with E-state index in [1.807, 2.05) is 37.5 Å². The van der Waals surface area contributed by atoms with Crippen molar-refractivity contribution in [1.82, 2.24) is 19.8 Å². The Labute approximate surface area is 205 Å². The van der Waals surface area contributed by atoms with Gasteiger partial charge in [0.15, 0.2) is 5.82 Å². The summed E-state index contributed by atoms with van der Waals surface area (Å²) in [7, 11) is 0. The fourth-order valence-corrected chi connectivity index (χ4v) is 6.31. The van der Waals surface area contributed by atoms with Crippen LogP contribution in [0.1, 0.15) is 56.7 Å². The van der Waals surface area contributed by atoms with E-state index < -0.39 is 5.41 Å². The van der Waals surface area contributed by atoms with Gasteiger partial charge in [-0.3, -0.25) is 9.69 Å². The number of fused-ring (bicyclic) bond motifs is 3. The molecule has 2 aromatic carbocycles. The average Bonchev–Trinajstić information content (AvgIpc) is 3.39. The number of hydrogen-bond donors (Lipinski definition) is 1. The zero-order valence-corrected chi connectivity index (χ0v) is 20.2. The molecule has 3 aliphatic heterocycles. The van der Waals surface area contributed by atoms with Crippen LogP contribution in [0.25, 0.3) is 11.0 Å². The number of nitrogens with zero attached hydrogens (tertiary/aromatic N) is 3. The number of imidazole rings is 1. The summed E-state index contributed by atoms with van der Waals surface area (Å²) in [5.41, 5.74) is 2.09. The zero-order valence-electron chi connectivity index (χ0n) is 20.2. The summed E-state index contributed by atoms with van der Waals surface area (Å²) in [4.78, 5) is 20.0. The monoisotopic (exact) mass is 476 g/mol. The molecule has 3 aliphatic rings. The van der Waals surface area contributed by atoms with E-state index in [2.05, 4.69) is 31.9 Å². The third-order valence-electron chi connectivity index (χ3n) is 8.38. The number of rotatable bonds is 7. The van der Waals surface area contributed by atoms with Gasteiger partial charge < -0.3 is 14.6 Å². The van der Waals surface area contributed by atoms with Gasteiger partial charge >= 0.3 is 0 Å². The summed E-state index contributed by atoms with van der Waals surface area (Å²) in [6.07, 6.45) is 7.19. The van der Waals surface area contributed by atoms with E-state index in [1.165, 1.54) is 18.9 Å². The molecule has 7 heteroatoms. The first-order chi connectivity index (χ1) is 17.0. The van der Waals surface area contributed by atoms with Gasteiger partial charge in [0.05, 0.1) is 36.5 Å². The summed E-state index contributed by atoms with van der Waals surface area (Å²) in [5.74, 6) is -0.170. The predicted octanol–water partition coefficient (Wildman–Crippen LogP) is 4.63. The molecular weight excluding hydrogens is 443 g/mol. The molecule has 1 amide bonds. The van der Waals surface area contributed by atoms with Crippen LogP contribution >= 0.6 is 0 Å². The van der Waals surface area contributed by atoms with Gasteiger partial charge in [-0.25, -0.2) is 9.37 Å². The van der Waals surface area contributed by atoms with Crippen LogP contribution in [0.5, 0.6) is 0 Å². The molecule has 3 atom stereocenters. The minimum absolute atomic E-state index is 0.0150. The lowest BCUT2D eigenvalue weighted by atomic mass is 9.87. The predicted molar refractivity (Wildman–Crippen MR) is 132 cm³/mol. The van der Waals surface area contributed by atoms with Crippen LogP contribution < -0.4 is 5.32 Å². The van der Waals surface area contributed by atoms with Gasteiger partial charge in [0.25, 0.3) is 0 Å². The third-order valence-corrected chi connectivity index (χ3v) is 8.38. The molecule has 4 heterocycles. The topological polar surface area (TPSA) is 59.4 Å². The Hall–Kier alpha value is -2.77. The summed E-state index contributed by atoms with van der Waals surface area (Å²) >= 11 is 0. The summed E-state index contributed by atoms with van der Waals surface area (Å²) < 4.78 is 21.7. The molecule has 1 aromatic heterocycles. The van der Waals surface area contributed by atoms with Gasteiger partial charge in [-0.15, -0.1) is 0 Å². The Morgan fingerprint density at radius 3 is 2.54 bits per heavy atom. The molecular formula is C28H33FN4O2. The second-order valence-electron chi connectivity index (χ2n) is 10.8. The van der Waals surface area contributed by atoms with E-state index in [-0.39, 0.29) is 17.8 Å². The fourth-order valence-electron chi connectivity index (χ4n) is 6.31. The van der Waals surface area contributed by atoms with Gasteiger partial charge in [-0.05, 0) is 56.7 Å². The summed E-state index contributed by atoms with van der Waals surface area (Å²) in [6.45, 7) is 3.91. The van der Waals surface area contributed by atoms with Crippen molar-refractivity contribution in [2.45, 2.75) is 63.2 Å². The van der Waals surface area contributed by atoms with Crippen molar-refractivity contribution in [1.29, 1.82) is 0 Å².